The second-order valence-corrected chi connectivity index (χ2v) is 4.43. The summed E-state index contributed by atoms with van der Waals surface area (Å²) in [6.45, 7) is 5.86. The van der Waals surface area contributed by atoms with Gasteiger partial charge < -0.3 is 9.30 Å². The lowest BCUT2D eigenvalue weighted by Crippen LogP contribution is -2.24. The molecule has 0 aliphatic heterocycles. The Hall–Kier alpha value is -1.65. The van der Waals surface area contributed by atoms with E-state index in [2.05, 4.69) is 4.98 Å². The standard InChI is InChI=1S/C11H16N2O3/c1-11(2,3)16-10(15)4-6-13-7-5-12-9(13)8-14/h5,7-8H,4,6H2,1-3H3. The van der Waals surface area contributed by atoms with Crippen molar-refractivity contribution in [2.24, 2.45) is 0 Å². The Morgan fingerprint density at radius 3 is 2.81 bits per heavy atom. The summed E-state index contributed by atoms with van der Waals surface area (Å²) in [6, 6.07) is 0. The highest BCUT2D eigenvalue weighted by molar-refractivity contribution is 5.71. The van der Waals surface area contributed by atoms with Crippen molar-refractivity contribution in [1.82, 2.24) is 9.55 Å². The average Bonchev–Trinajstić information content (AvgIpc) is 2.59. The minimum absolute atomic E-state index is 0.231. The quantitative estimate of drug-likeness (QED) is 0.573. The van der Waals surface area contributed by atoms with Crippen LogP contribution in [0.5, 0.6) is 0 Å². The number of rotatable bonds is 4. The summed E-state index contributed by atoms with van der Waals surface area (Å²) in [5.74, 6) is 0.0432. The Labute approximate surface area is 94.4 Å². The summed E-state index contributed by atoms with van der Waals surface area (Å²) in [6.07, 6.45) is 4.08. The minimum atomic E-state index is -0.473. The third-order valence-corrected chi connectivity index (χ3v) is 1.83. The molecule has 0 amide bonds. The van der Waals surface area contributed by atoms with Crippen LogP contribution in [0.15, 0.2) is 12.4 Å². The second kappa shape index (κ2) is 4.92. The zero-order chi connectivity index (χ0) is 12.2. The molecule has 1 aromatic rings. The van der Waals surface area contributed by atoms with E-state index in [1.165, 1.54) is 6.20 Å². The first kappa shape index (κ1) is 12.4. The highest BCUT2D eigenvalue weighted by Gasteiger charge is 2.16. The van der Waals surface area contributed by atoms with Crippen LogP contribution in [0.4, 0.5) is 0 Å². The number of aldehydes is 1. The molecular formula is C11H16N2O3. The van der Waals surface area contributed by atoms with E-state index in [0.717, 1.165) is 0 Å². The maximum Gasteiger partial charge on any atom is 0.308 e. The van der Waals surface area contributed by atoms with Crippen molar-refractivity contribution in [3.05, 3.63) is 18.2 Å². The first-order valence-corrected chi connectivity index (χ1v) is 5.10. The molecule has 0 aliphatic rings. The minimum Gasteiger partial charge on any atom is -0.460 e. The van der Waals surface area contributed by atoms with Crippen molar-refractivity contribution in [2.45, 2.75) is 39.3 Å². The summed E-state index contributed by atoms with van der Waals surface area (Å²) >= 11 is 0. The maximum atomic E-state index is 11.4. The van der Waals surface area contributed by atoms with E-state index in [1.54, 1.807) is 10.8 Å². The number of esters is 1. The monoisotopic (exact) mass is 224 g/mol. The largest absolute Gasteiger partial charge is 0.460 e. The van der Waals surface area contributed by atoms with Gasteiger partial charge in [-0.1, -0.05) is 0 Å². The van der Waals surface area contributed by atoms with E-state index < -0.39 is 5.60 Å². The zero-order valence-electron chi connectivity index (χ0n) is 9.77. The molecule has 0 saturated carbocycles. The number of aromatic nitrogens is 2. The summed E-state index contributed by atoms with van der Waals surface area (Å²) < 4.78 is 6.77. The number of ether oxygens (including phenoxy) is 1. The summed E-state index contributed by atoms with van der Waals surface area (Å²) in [5, 5.41) is 0. The van der Waals surface area contributed by atoms with Crippen LogP contribution in [0.2, 0.25) is 0 Å². The summed E-state index contributed by atoms with van der Waals surface area (Å²) in [4.78, 5) is 25.8. The molecule has 0 spiro atoms. The molecule has 16 heavy (non-hydrogen) atoms. The van der Waals surface area contributed by atoms with E-state index in [9.17, 15) is 9.59 Å². The van der Waals surface area contributed by atoms with Crippen molar-refractivity contribution in [3.63, 3.8) is 0 Å². The molecule has 88 valence electrons. The smallest absolute Gasteiger partial charge is 0.308 e. The van der Waals surface area contributed by atoms with Crippen LogP contribution in [0, 0.1) is 0 Å². The lowest BCUT2D eigenvalue weighted by molar-refractivity contribution is -0.155. The van der Waals surface area contributed by atoms with Crippen LogP contribution in [0.3, 0.4) is 0 Å². The first-order valence-electron chi connectivity index (χ1n) is 5.10. The van der Waals surface area contributed by atoms with Crippen LogP contribution >= 0.6 is 0 Å². The molecule has 0 bridgehead atoms. The van der Waals surface area contributed by atoms with Crippen LogP contribution in [-0.4, -0.2) is 27.4 Å². The molecule has 5 nitrogen and oxygen atoms in total. The van der Waals surface area contributed by atoms with E-state index in [-0.39, 0.29) is 12.4 Å². The highest BCUT2D eigenvalue weighted by Crippen LogP contribution is 2.09. The van der Waals surface area contributed by atoms with Gasteiger partial charge in [0.05, 0.1) is 6.42 Å². The number of aryl methyl sites for hydroxylation is 1. The third kappa shape index (κ3) is 3.84. The first-order chi connectivity index (χ1) is 7.42. The molecule has 1 rings (SSSR count). The number of imidazole rings is 1. The van der Waals surface area contributed by atoms with Gasteiger partial charge in [-0.2, -0.15) is 0 Å². The molecule has 0 saturated heterocycles. The molecule has 1 heterocycles. The zero-order valence-corrected chi connectivity index (χ0v) is 9.77. The van der Waals surface area contributed by atoms with Gasteiger partial charge in [-0.15, -0.1) is 0 Å². The van der Waals surface area contributed by atoms with Gasteiger partial charge in [0.25, 0.3) is 0 Å². The molecule has 1 aromatic heterocycles. The van der Waals surface area contributed by atoms with Crippen LogP contribution in [-0.2, 0) is 16.1 Å². The van der Waals surface area contributed by atoms with Gasteiger partial charge in [0.2, 0.25) is 0 Å². The number of carbonyl (C=O) groups excluding carboxylic acids is 2. The number of carbonyl (C=O) groups is 2. The van der Waals surface area contributed by atoms with Crippen molar-refractivity contribution < 1.29 is 14.3 Å². The van der Waals surface area contributed by atoms with Crippen molar-refractivity contribution in [3.8, 4) is 0 Å². The van der Waals surface area contributed by atoms with Gasteiger partial charge in [0, 0.05) is 18.9 Å². The molecular weight excluding hydrogens is 208 g/mol. The van der Waals surface area contributed by atoms with E-state index >= 15 is 0 Å². The Morgan fingerprint density at radius 2 is 2.25 bits per heavy atom. The predicted octanol–water partition coefficient (Wildman–Crippen LogP) is 1.43. The number of hydrogen-bond acceptors (Lipinski definition) is 4. The second-order valence-electron chi connectivity index (χ2n) is 4.43. The van der Waals surface area contributed by atoms with Gasteiger partial charge in [-0.05, 0) is 20.8 Å². The lowest BCUT2D eigenvalue weighted by atomic mass is 10.2. The normalized spacial score (nSPS) is 11.2. The predicted molar refractivity (Wildman–Crippen MR) is 58.1 cm³/mol. The Morgan fingerprint density at radius 1 is 1.56 bits per heavy atom. The molecule has 0 radical (unpaired) electrons. The maximum absolute atomic E-state index is 11.4. The Bertz CT molecular complexity index is 377. The topological polar surface area (TPSA) is 61.2 Å². The highest BCUT2D eigenvalue weighted by atomic mass is 16.6. The fourth-order valence-electron chi connectivity index (χ4n) is 1.23. The fourth-order valence-corrected chi connectivity index (χ4v) is 1.23. The SMILES string of the molecule is CC(C)(C)OC(=O)CCn1ccnc1C=O. The van der Waals surface area contributed by atoms with Gasteiger partial charge in [-0.25, -0.2) is 4.98 Å². The third-order valence-electron chi connectivity index (χ3n) is 1.83. The van der Waals surface area contributed by atoms with Gasteiger partial charge in [0.15, 0.2) is 12.1 Å². The van der Waals surface area contributed by atoms with Gasteiger partial charge >= 0.3 is 5.97 Å². The Balaban J connectivity index is 2.46. The molecule has 0 atom stereocenters. The molecule has 0 aromatic carbocycles. The molecule has 5 heteroatoms. The van der Waals surface area contributed by atoms with Crippen LogP contribution in [0.25, 0.3) is 0 Å². The average molecular weight is 224 g/mol. The fraction of sp³-hybridized carbons (Fsp3) is 0.545. The van der Waals surface area contributed by atoms with E-state index in [4.69, 9.17) is 4.74 Å². The summed E-state index contributed by atoms with van der Waals surface area (Å²) in [5.41, 5.74) is -0.473. The summed E-state index contributed by atoms with van der Waals surface area (Å²) in [7, 11) is 0. The van der Waals surface area contributed by atoms with Gasteiger partial charge in [0.1, 0.15) is 5.60 Å². The number of nitrogens with zero attached hydrogens (tertiary/aromatic N) is 2. The van der Waals surface area contributed by atoms with Crippen molar-refractivity contribution >= 4 is 12.3 Å². The van der Waals surface area contributed by atoms with E-state index in [0.29, 0.717) is 18.7 Å². The molecule has 0 unspecified atom stereocenters. The molecule has 0 aliphatic carbocycles. The Kier molecular flexibility index (Phi) is 3.82. The van der Waals surface area contributed by atoms with Crippen molar-refractivity contribution in [2.75, 3.05) is 0 Å². The van der Waals surface area contributed by atoms with Crippen LogP contribution in [0.1, 0.15) is 37.8 Å². The van der Waals surface area contributed by atoms with Crippen LogP contribution < -0.4 is 0 Å². The molecule has 0 N–H and O–H groups in total. The van der Waals surface area contributed by atoms with Crippen molar-refractivity contribution in [1.29, 1.82) is 0 Å². The van der Waals surface area contributed by atoms with E-state index in [1.807, 2.05) is 20.8 Å². The van der Waals surface area contributed by atoms with Gasteiger partial charge in [-0.3, -0.25) is 9.59 Å². The molecule has 0 fully saturated rings. The lowest BCUT2D eigenvalue weighted by Gasteiger charge is -2.19. The number of hydrogen-bond donors (Lipinski definition) is 0.